The summed E-state index contributed by atoms with van der Waals surface area (Å²) in [4.78, 5) is 11.0. The maximum Gasteiger partial charge on any atom is 0.248 e. The predicted molar refractivity (Wildman–Crippen MR) is 77.1 cm³/mol. The van der Waals surface area contributed by atoms with Crippen LogP contribution in [0.2, 0.25) is 0 Å². The van der Waals surface area contributed by atoms with E-state index < -0.39 is 22.0 Å². The van der Waals surface area contributed by atoms with E-state index in [9.17, 15) is 13.2 Å². The quantitative estimate of drug-likeness (QED) is 0.878. The molecule has 0 spiro atoms. The number of benzene rings is 1. The third-order valence-corrected chi connectivity index (χ3v) is 4.53. The van der Waals surface area contributed by atoms with Crippen LogP contribution in [0.3, 0.4) is 0 Å². The first-order valence-corrected chi connectivity index (χ1v) is 7.76. The minimum absolute atomic E-state index is 0.0580. The van der Waals surface area contributed by atoms with Gasteiger partial charge in [-0.2, -0.15) is 0 Å². The van der Waals surface area contributed by atoms with Gasteiger partial charge in [0, 0.05) is 5.56 Å². The summed E-state index contributed by atoms with van der Waals surface area (Å²) >= 11 is 0. The summed E-state index contributed by atoms with van der Waals surface area (Å²) in [5, 5.41) is 0. The zero-order valence-electron chi connectivity index (χ0n) is 11.7. The Balaban J connectivity index is 2.19. The first-order chi connectivity index (χ1) is 9.79. The smallest absolute Gasteiger partial charge is 0.248 e. The van der Waals surface area contributed by atoms with E-state index >= 15 is 0 Å². The summed E-state index contributed by atoms with van der Waals surface area (Å²) < 4.78 is 32.4. The summed E-state index contributed by atoms with van der Waals surface area (Å²) in [6, 6.07) is 8.41. The van der Waals surface area contributed by atoms with Gasteiger partial charge in [0.2, 0.25) is 15.9 Å². The average molecular weight is 308 g/mol. The fraction of sp³-hybridized carbons (Fsp3) is 0.214. The molecule has 21 heavy (non-hydrogen) atoms. The summed E-state index contributed by atoms with van der Waals surface area (Å²) in [6.07, 6.45) is 0. The highest BCUT2D eigenvalue weighted by Crippen LogP contribution is 2.19. The van der Waals surface area contributed by atoms with Crippen LogP contribution < -0.4 is 10.5 Å². The molecular formula is C14H16N2O4S. The molecule has 2 rings (SSSR count). The van der Waals surface area contributed by atoms with Gasteiger partial charge in [-0.15, -0.1) is 0 Å². The molecule has 0 saturated heterocycles. The molecule has 0 radical (unpaired) electrons. The number of rotatable bonds is 5. The van der Waals surface area contributed by atoms with Crippen LogP contribution in [0.15, 0.2) is 45.7 Å². The van der Waals surface area contributed by atoms with Crippen LogP contribution in [0.25, 0.3) is 0 Å². The highest BCUT2D eigenvalue weighted by Gasteiger charge is 2.20. The monoisotopic (exact) mass is 308 g/mol. The molecule has 0 saturated carbocycles. The van der Waals surface area contributed by atoms with Crippen molar-refractivity contribution in [2.45, 2.75) is 24.8 Å². The number of carbonyl (C=O) groups is 1. The van der Waals surface area contributed by atoms with Crippen molar-refractivity contribution < 1.29 is 17.6 Å². The van der Waals surface area contributed by atoms with Crippen molar-refractivity contribution >= 4 is 15.9 Å². The van der Waals surface area contributed by atoms with Crippen LogP contribution >= 0.6 is 0 Å². The van der Waals surface area contributed by atoms with Crippen molar-refractivity contribution in [1.29, 1.82) is 0 Å². The molecule has 0 bridgehead atoms. The van der Waals surface area contributed by atoms with E-state index in [-0.39, 0.29) is 10.5 Å². The molecule has 2 aromatic rings. The lowest BCUT2D eigenvalue weighted by molar-refractivity contribution is 0.1000. The van der Waals surface area contributed by atoms with E-state index in [1.807, 2.05) is 0 Å². The van der Waals surface area contributed by atoms with Gasteiger partial charge in [-0.3, -0.25) is 4.79 Å². The van der Waals surface area contributed by atoms with Crippen molar-refractivity contribution in [3.63, 3.8) is 0 Å². The summed E-state index contributed by atoms with van der Waals surface area (Å²) in [7, 11) is -3.70. The van der Waals surface area contributed by atoms with Gasteiger partial charge in [0.25, 0.3) is 0 Å². The predicted octanol–water partition coefficient (Wildman–Crippen LogP) is 1.73. The highest BCUT2D eigenvalue weighted by atomic mass is 32.2. The number of nitrogens with two attached hydrogens (primary N) is 1. The van der Waals surface area contributed by atoms with Gasteiger partial charge in [0.15, 0.2) is 0 Å². The number of hydrogen-bond acceptors (Lipinski definition) is 4. The number of furan rings is 1. The van der Waals surface area contributed by atoms with Gasteiger partial charge in [0.05, 0.1) is 10.9 Å². The molecule has 7 heteroatoms. The molecule has 1 amide bonds. The molecular weight excluding hydrogens is 292 g/mol. The molecule has 112 valence electrons. The number of carbonyl (C=O) groups excluding carboxylic acids is 1. The molecule has 6 nitrogen and oxygen atoms in total. The Morgan fingerprint density at radius 3 is 2.29 bits per heavy atom. The van der Waals surface area contributed by atoms with E-state index in [0.717, 1.165) is 0 Å². The minimum Gasteiger partial charge on any atom is -0.465 e. The topological polar surface area (TPSA) is 102 Å². The number of aryl methyl sites for hydroxylation is 1. The second-order valence-electron chi connectivity index (χ2n) is 4.68. The maximum absolute atomic E-state index is 12.2. The van der Waals surface area contributed by atoms with Crippen LogP contribution in [0.1, 0.15) is 34.8 Å². The van der Waals surface area contributed by atoms with Crippen molar-refractivity contribution in [2.24, 2.45) is 5.73 Å². The summed E-state index contributed by atoms with van der Waals surface area (Å²) in [6.45, 7) is 3.47. The lowest BCUT2D eigenvalue weighted by atomic mass is 10.2. The first-order valence-electron chi connectivity index (χ1n) is 6.28. The Hall–Kier alpha value is -2.12. The van der Waals surface area contributed by atoms with Crippen LogP contribution in [-0.2, 0) is 10.0 Å². The van der Waals surface area contributed by atoms with Crippen molar-refractivity contribution in [1.82, 2.24) is 4.72 Å². The average Bonchev–Trinajstić information content (AvgIpc) is 2.85. The molecule has 1 aromatic carbocycles. The van der Waals surface area contributed by atoms with Gasteiger partial charge in [-0.25, -0.2) is 13.1 Å². The van der Waals surface area contributed by atoms with Crippen LogP contribution in [0.4, 0.5) is 0 Å². The number of primary amides is 1. The molecule has 1 heterocycles. The lowest BCUT2D eigenvalue weighted by Crippen LogP contribution is -2.26. The molecule has 1 atom stereocenters. The zero-order valence-corrected chi connectivity index (χ0v) is 12.5. The lowest BCUT2D eigenvalue weighted by Gasteiger charge is -2.12. The zero-order chi connectivity index (χ0) is 15.6. The van der Waals surface area contributed by atoms with Crippen LogP contribution in [-0.4, -0.2) is 14.3 Å². The third kappa shape index (κ3) is 3.50. The Bertz CT molecular complexity index is 748. The second-order valence-corrected chi connectivity index (χ2v) is 6.39. The first kappa shape index (κ1) is 15.3. The fourth-order valence-corrected chi connectivity index (χ4v) is 3.06. The van der Waals surface area contributed by atoms with E-state index in [1.165, 1.54) is 24.3 Å². The van der Waals surface area contributed by atoms with E-state index in [4.69, 9.17) is 10.2 Å². The molecule has 3 N–H and O–H groups in total. The summed E-state index contributed by atoms with van der Waals surface area (Å²) in [5.74, 6) is 0.637. The number of amides is 1. The minimum atomic E-state index is -3.70. The van der Waals surface area contributed by atoms with Crippen LogP contribution in [0.5, 0.6) is 0 Å². The van der Waals surface area contributed by atoms with Gasteiger partial charge >= 0.3 is 0 Å². The fourth-order valence-electron chi connectivity index (χ4n) is 1.84. The van der Waals surface area contributed by atoms with E-state index in [1.54, 1.807) is 26.0 Å². The molecule has 0 aliphatic carbocycles. The second kappa shape index (κ2) is 5.71. The van der Waals surface area contributed by atoms with Crippen LogP contribution in [0, 0.1) is 6.92 Å². The number of sulfonamides is 1. The standard InChI is InChI=1S/C14H16N2O4S/c1-9-3-8-13(20-9)10(2)16-21(18,19)12-6-4-11(5-7-12)14(15)17/h3-8,10,16H,1-2H3,(H2,15,17)/t10-/m1/s1. The Morgan fingerprint density at radius 2 is 1.81 bits per heavy atom. The molecule has 0 unspecified atom stereocenters. The number of nitrogens with one attached hydrogen (secondary N) is 1. The van der Waals surface area contributed by atoms with Gasteiger partial charge in [-0.05, 0) is 50.2 Å². The largest absolute Gasteiger partial charge is 0.465 e. The highest BCUT2D eigenvalue weighted by molar-refractivity contribution is 7.89. The van der Waals surface area contributed by atoms with E-state index in [2.05, 4.69) is 4.72 Å². The Kier molecular flexibility index (Phi) is 4.15. The van der Waals surface area contributed by atoms with Crippen molar-refractivity contribution in [3.8, 4) is 0 Å². The van der Waals surface area contributed by atoms with Gasteiger partial charge < -0.3 is 10.2 Å². The molecule has 0 aliphatic rings. The third-order valence-electron chi connectivity index (χ3n) is 2.97. The normalized spacial score (nSPS) is 13.0. The van der Waals surface area contributed by atoms with E-state index in [0.29, 0.717) is 11.5 Å². The molecule has 1 aromatic heterocycles. The molecule has 0 fully saturated rings. The van der Waals surface area contributed by atoms with Crippen molar-refractivity contribution in [3.05, 3.63) is 53.5 Å². The molecule has 0 aliphatic heterocycles. The van der Waals surface area contributed by atoms with Crippen molar-refractivity contribution in [2.75, 3.05) is 0 Å². The maximum atomic E-state index is 12.2. The Labute approximate surface area is 123 Å². The number of hydrogen-bond donors (Lipinski definition) is 2. The summed E-state index contributed by atoms with van der Waals surface area (Å²) in [5.41, 5.74) is 5.37. The Morgan fingerprint density at radius 1 is 1.19 bits per heavy atom. The van der Waals surface area contributed by atoms with Gasteiger partial charge in [0.1, 0.15) is 11.5 Å². The SMILES string of the molecule is Cc1ccc([C@@H](C)NS(=O)(=O)c2ccc(C(N)=O)cc2)o1. The van der Waals surface area contributed by atoms with Gasteiger partial charge in [-0.1, -0.05) is 0 Å².